The van der Waals surface area contributed by atoms with Crippen molar-refractivity contribution >= 4 is 11.7 Å². The van der Waals surface area contributed by atoms with Crippen LogP contribution in [0, 0.1) is 29.6 Å². The van der Waals surface area contributed by atoms with Crippen LogP contribution in [-0.2, 0) is 4.79 Å². The van der Waals surface area contributed by atoms with Crippen LogP contribution in [0.1, 0.15) is 38.5 Å². The van der Waals surface area contributed by atoms with E-state index in [1.807, 2.05) is 0 Å². The highest BCUT2D eigenvalue weighted by Gasteiger charge is 2.50. The van der Waals surface area contributed by atoms with Crippen LogP contribution in [0.5, 0.6) is 0 Å². The Labute approximate surface area is 113 Å². The minimum absolute atomic E-state index is 0.172. The van der Waals surface area contributed by atoms with Crippen LogP contribution in [0.4, 0.5) is 0 Å². The van der Waals surface area contributed by atoms with E-state index in [0.717, 1.165) is 11.8 Å². The van der Waals surface area contributed by atoms with Gasteiger partial charge in [0.25, 0.3) is 0 Å². The zero-order chi connectivity index (χ0) is 13.4. The molecule has 0 heterocycles. The predicted molar refractivity (Wildman–Crippen MR) is 71.6 cm³/mol. The van der Waals surface area contributed by atoms with Gasteiger partial charge >= 0.3 is 0 Å². The number of carbonyl (C=O) groups excluding carboxylic acids is 1. The van der Waals surface area contributed by atoms with Crippen molar-refractivity contribution in [1.29, 1.82) is 0 Å². The van der Waals surface area contributed by atoms with E-state index in [0.29, 0.717) is 24.8 Å². The van der Waals surface area contributed by atoms with Gasteiger partial charge < -0.3 is 16.3 Å². The summed E-state index contributed by atoms with van der Waals surface area (Å²) >= 11 is 0. The summed E-state index contributed by atoms with van der Waals surface area (Å²) in [6, 6.07) is 0. The lowest BCUT2D eigenvalue weighted by Crippen LogP contribution is -2.51. The molecule has 0 radical (unpaired) electrons. The standard InChI is InChI=1S/C14H23N3O2/c15-12(17-19)1-2-16-14(18)13-10-4-8-3-9(6-10)7-11(13)5-8/h8-11,13,19H,1-7H2,(H2,15,17)(H,16,18). The fourth-order valence-corrected chi connectivity index (χ4v) is 4.83. The molecule has 4 saturated carbocycles. The molecular weight excluding hydrogens is 242 g/mol. The van der Waals surface area contributed by atoms with Crippen LogP contribution in [0.25, 0.3) is 0 Å². The molecule has 4 bridgehead atoms. The van der Waals surface area contributed by atoms with Crippen molar-refractivity contribution in [3.05, 3.63) is 0 Å². The summed E-state index contributed by atoms with van der Waals surface area (Å²) in [7, 11) is 0. The van der Waals surface area contributed by atoms with E-state index in [9.17, 15) is 4.79 Å². The molecule has 0 aliphatic heterocycles. The molecule has 4 aliphatic rings. The van der Waals surface area contributed by atoms with Crippen LogP contribution in [0.15, 0.2) is 5.16 Å². The number of amides is 1. The van der Waals surface area contributed by atoms with Crippen molar-refractivity contribution in [2.24, 2.45) is 40.5 Å². The molecule has 0 saturated heterocycles. The summed E-state index contributed by atoms with van der Waals surface area (Å²) in [6.07, 6.45) is 6.84. The Hall–Kier alpha value is -1.26. The van der Waals surface area contributed by atoms with E-state index in [1.54, 1.807) is 0 Å². The quantitative estimate of drug-likeness (QED) is 0.310. The number of hydrogen-bond acceptors (Lipinski definition) is 3. The molecule has 4 N–H and O–H groups in total. The van der Waals surface area contributed by atoms with Crippen LogP contribution < -0.4 is 11.1 Å². The van der Waals surface area contributed by atoms with Crippen LogP contribution in [0.3, 0.4) is 0 Å². The summed E-state index contributed by atoms with van der Waals surface area (Å²) in [5.41, 5.74) is 5.40. The first-order chi connectivity index (χ1) is 9.17. The molecule has 0 spiro atoms. The topological polar surface area (TPSA) is 87.7 Å². The van der Waals surface area contributed by atoms with Crippen molar-refractivity contribution in [2.45, 2.75) is 38.5 Å². The van der Waals surface area contributed by atoms with Gasteiger partial charge in [0, 0.05) is 18.9 Å². The van der Waals surface area contributed by atoms with E-state index in [1.165, 1.54) is 32.1 Å². The summed E-state index contributed by atoms with van der Waals surface area (Å²) < 4.78 is 0. The van der Waals surface area contributed by atoms with Gasteiger partial charge in [-0.05, 0) is 55.8 Å². The molecule has 5 nitrogen and oxygen atoms in total. The number of amidine groups is 1. The number of nitrogens with zero attached hydrogens (tertiary/aromatic N) is 1. The van der Waals surface area contributed by atoms with Gasteiger partial charge in [0.2, 0.25) is 5.91 Å². The van der Waals surface area contributed by atoms with Crippen molar-refractivity contribution in [1.82, 2.24) is 5.32 Å². The largest absolute Gasteiger partial charge is 0.409 e. The van der Waals surface area contributed by atoms with Gasteiger partial charge in [-0.15, -0.1) is 0 Å². The lowest BCUT2D eigenvalue weighted by molar-refractivity contribution is -0.138. The first kappa shape index (κ1) is 12.8. The second-order valence-electron chi connectivity index (χ2n) is 6.59. The number of rotatable bonds is 4. The van der Waals surface area contributed by atoms with Crippen molar-refractivity contribution in [3.63, 3.8) is 0 Å². The lowest BCUT2D eigenvalue weighted by atomic mass is 9.51. The molecule has 4 rings (SSSR count). The maximum atomic E-state index is 12.3. The third-order valence-corrected chi connectivity index (χ3v) is 5.34. The number of hydrogen-bond donors (Lipinski definition) is 3. The molecule has 4 fully saturated rings. The Bertz CT molecular complexity index is 366. The molecule has 0 aromatic carbocycles. The molecule has 106 valence electrons. The number of nitrogens with two attached hydrogens (primary N) is 1. The highest BCUT2D eigenvalue weighted by atomic mass is 16.4. The summed E-state index contributed by atoms with van der Waals surface area (Å²) in [6.45, 7) is 0.470. The van der Waals surface area contributed by atoms with E-state index < -0.39 is 0 Å². The molecule has 0 unspecified atom stereocenters. The molecule has 0 aromatic heterocycles. The Kier molecular flexibility index (Phi) is 3.37. The average molecular weight is 265 g/mol. The fourth-order valence-electron chi connectivity index (χ4n) is 4.83. The Morgan fingerprint density at radius 3 is 2.26 bits per heavy atom. The minimum atomic E-state index is 0.172. The first-order valence-electron chi connectivity index (χ1n) is 7.41. The van der Waals surface area contributed by atoms with Gasteiger partial charge in [-0.2, -0.15) is 0 Å². The molecule has 0 aromatic rings. The third-order valence-electron chi connectivity index (χ3n) is 5.34. The zero-order valence-corrected chi connectivity index (χ0v) is 11.2. The second-order valence-corrected chi connectivity index (χ2v) is 6.59. The molecular formula is C14H23N3O2. The van der Waals surface area contributed by atoms with E-state index in [-0.39, 0.29) is 17.7 Å². The Balaban J connectivity index is 1.55. The Morgan fingerprint density at radius 2 is 1.74 bits per heavy atom. The second kappa shape index (κ2) is 5.02. The predicted octanol–water partition coefficient (Wildman–Crippen LogP) is 1.31. The molecule has 0 atom stereocenters. The Morgan fingerprint density at radius 1 is 1.16 bits per heavy atom. The highest BCUT2D eigenvalue weighted by molar-refractivity contribution is 5.82. The number of nitrogens with one attached hydrogen (secondary N) is 1. The smallest absolute Gasteiger partial charge is 0.223 e. The van der Waals surface area contributed by atoms with Gasteiger partial charge in [0.05, 0.1) is 0 Å². The molecule has 1 amide bonds. The van der Waals surface area contributed by atoms with Gasteiger partial charge in [-0.3, -0.25) is 4.79 Å². The lowest BCUT2D eigenvalue weighted by Gasteiger charge is -2.53. The maximum Gasteiger partial charge on any atom is 0.223 e. The molecule has 5 heteroatoms. The fraction of sp³-hybridized carbons (Fsp3) is 0.857. The van der Waals surface area contributed by atoms with Gasteiger partial charge in [0.15, 0.2) is 0 Å². The number of carbonyl (C=O) groups is 1. The number of oxime groups is 1. The van der Waals surface area contributed by atoms with Crippen LogP contribution in [-0.4, -0.2) is 23.5 Å². The molecule has 4 aliphatic carbocycles. The maximum absolute atomic E-state index is 12.3. The third kappa shape index (κ3) is 2.42. The van der Waals surface area contributed by atoms with Gasteiger partial charge in [0.1, 0.15) is 5.84 Å². The minimum Gasteiger partial charge on any atom is -0.409 e. The normalized spacial score (nSPS) is 40.4. The average Bonchev–Trinajstić information content (AvgIpc) is 2.37. The monoisotopic (exact) mass is 265 g/mol. The van der Waals surface area contributed by atoms with Crippen LogP contribution >= 0.6 is 0 Å². The van der Waals surface area contributed by atoms with Crippen LogP contribution in [0.2, 0.25) is 0 Å². The summed E-state index contributed by atoms with van der Waals surface area (Å²) in [5, 5.41) is 14.3. The van der Waals surface area contributed by atoms with Crippen molar-refractivity contribution < 1.29 is 10.0 Å². The van der Waals surface area contributed by atoms with E-state index in [2.05, 4.69) is 10.5 Å². The van der Waals surface area contributed by atoms with Gasteiger partial charge in [-0.25, -0.2) is 0 Å². The van der Waals surface area contributed by atoms with Crippen molar-refractivity contribution in [3.8, 4) is 0 Å². The van der Waals surface area contributed by atoms with Crippen molar-refractivity contribution in [2.75, 3.05) is 6.54 Å². The SMILES string of the molecule is NC(CCNC(=O)C1C2CC3CC(C2)CC1C3)=NO. The molecule has 19 heavy (non-hydrogen) atoms. The van der Waals surface area contributed by atoms with E-state index >= 15 is 0 Å². The zero-order valence-electron chi connectivity index (χ0n) is 11.2. The summed E-state index contributed by atoms with van der Waals surface area (Å²) in [4.78, 5) is 12.3. The first-order valence-corrected chi connectivity index (χ1v) is 7.41. The summed E-state index contributed by atoms with van der Waals surface area (Å²) in [5.74, 6) is 3.60. The van der Waals surface area contributed by atoms with E-state index in [4.69, 9.17) is 10.9 Å². The highest BCUT2D eigenvalue weighted by Crippen LogP contribution is 2.56. The van der Waals surface area contributed by atoms with Gasteiger partial charge in [-0.1, -0.05) is 5.16 Å².